The molecule has 1 atom stereocenters. The van der Waals surface area contributed by atoms with Crippen molar-refractivity contribution in [2.24, 2.45) is 0 Å². The summed E-state index contributed by atoms with van der Waals surface area (Å²) < 4.78 is 0. The molecule has 5 nitrogen and oxygen atoms in total. The maximum Gasteiger partial charge on any atom is 0.233 e. The first-order chi connectivity index (χ1) is 9.72. The van der Waals surface area contributed by atoms with Gasteiger partial charge in [-0.1, -0.05) is 49.0 Å². The molecule has 0 spiro atoms. The van der Waals surface area contributed by atoms with E-state index in [4.69, 9.17) is 0 Å². The van der Waals surface area contributed by atoms with Gasteiger partial charge in [0.2, 0.25) is 11.1 Å². The standard InChI is InChI=1S/C14H18N4OS/c1-3-12-16-14(18-17-12)20-11(13(19)15-2)9-10-7-5-4-6-8-10/h4-8,11H,3,9H2,1-2H3,(H,15,19)(H,16,17,18). The highest BCUT2D eigenvalue weighted by molar-refractivity contribution is 8.00. The smallest absolute Gasteiger partial charge is 0.233 e. The quantitative estimate of drug-likeness (QED) is 0.796. The Bertz CT molecular complexity index is 555. The van der Waals surface area contributed by atoms with Gasteiger partial charge in [0.15, 0.2) is 0 Å². The van der Waals surface area contributed by atoms with Crippen molar-refractivity contribution < 1.29 is 4.79 Å². The fraction of sp³-hybridized carbons (Fsp3) is 0.357. The summed E-state index contributed by atoms with van der Waals surface area (Å²) in [5, 5.41) is 10.1. The maximum absolute atomic E-state index is 12.0. The first kappa shape index (κ1) is 14.6. The molecule has 106 valence electrons. The van der Waals surface area contributed by atoms with Crippen molar-refractivity contribution in [3.63, 3.8) is 0 Å². The van der Waals surface area contributed by atoms with Crippen molar-refractivity contribution in [3.8, 4) is 0 Å². The Morgan fingerprint density at radius 3 is 2.75 bits per heavy atom. The van der Waals surface area contributed by atoms with Gasteiger partial charge in [-0.3, -0.25) is 9.89 Å². The van der Waals surface area contributed by atoms with Crippen LogP contribution in [-0.2, 0) is 17.6 Å². The van der Waals surface area contributed by atoms with E-state index in [2.05, 4.69) is 20.5 Å². The molecule has 0 fully saturated rings. The summed E-state index contributed by atoms with van der Waals surface area (Å²) >= 11 is 1.39. The lowest BCUT2D eigenvalue weighted by Crippen LogP contribution is -2.31. The molecule has 0 aliphatic heterocycles. The number of thioether (sulfide) groups is 1. The topological polar surface area (TPSA) is 70.7 Å². The van der Waals surface area contributed by atoms with E-state index in [-0.39, 0.29) is 11.2 Å². The lowest BCUT2D eigenvalue weighted by atomic mass is 10.1. The molecule has 1 aromatic carbocycles. The van der Waals surface area contributed by atoms with Crippen molar-refractivity contribution in [3.05, 3.63) is 41.7 Å². The molecule has 1 unspecified atom stereocenters. The van der Waals surface area contributed by atoms with E-state index in [0.29, 0.717) is 11.6 Å². The minimum absolute atomic E-state index is 0.0123. The summed E-state index contributed by atoms with van der Waals surface area (Å²) in [6.45, 7) is 2.01. The third-order valence-corrected chi connectivity index (χ3v) is 3.96. The third-order valence-electron chi connectivity index (χ3n) is 2.90. The predicted molar refractivity (Wildman–Crippen MR) is 79.6 cm³/mol. The monoisotopic (exact) mass is 290 g/mol. The molecule has 2 rings (SSSR count). The number of hydrogen-bond acceptors (Lipinski definition) is 4. The van der Waals surface area contributed by atoms with E-state index in [1.807, 2.05) is 37.3 Å². The minimum Gasteiger partial charge on any atom is -0.358 e. The van der Waals surface area contributed by atoms with Gasteiger partial charge >= 0.3 is 0 Å². The number of hydrogen-bond donors (Lipinski definition) is 2. The zero-order valence-electron chi connectivity index (χ0n) is 11.6. The number of benzene rings is 1. The molecule has 0 bridgehead atoms. The number of H-pyrrole nitrogens is 1. The van der Waals surface area contributed by atoms with E-state index in [1.54, 1.807) is 7.05 Å². The molecule has 1 aromatic heterocycles. The molecule has 2 N–H and O–H groups in total. The van der Waals surface area contributed by atoms with Gasteiger partial charge in [-0.05, 0) is 12.0 Å². The van der Waals surface area contributed by atoms with Crippen molar-refractivity contribution in [2.45, 2.75) is 30.2 Å². The molecule has 1 amide bonds. The number of aryl methyl sites for hydroxylation is 1. The average molecular weight is 290 g/mol. The van der Waals surface area contributed by atoms with Crippen molar-refractivity contribution in [1.82, 2.24) is 20.5 Å². The van der Waals surface area contributed by atoms with Crippen LogP contribution in [0.5, 0.6) is 0 Å². The van der Waals surface area contributed by atoms with Gasteiger partial charge in [0.25, 0.3) is 0 Å². The molecule has 2 aromatic rings. The third kappa shape index (κ3) is 3.84. The van der Waals surface area contributed by atoms with Gasteiger partial charge in [-0.2, -0.15) is 0 Å². The van der Waals surface area contributed by atoms with Crippen LogP contribution in [-0.4, -0.2) is 33.4 Å². The van der Waals surface area contributed by atoms with Crippen molar-refractivity contribution >= 4 is 17.7 Å². The van der Waals surface area contributed by atoms with Crippen LogP contribution in [0.1, 0.15) is 18.3 Å². The molecular weight excluding hydrogens is 272 g/mol. The van der Waals surface area contributed by atoms with Crippen molar-refractivity contribution in [1.29, 1.82) is 0 Å². The molecule has 6 heteroatoms. The summed E-state index contributed by atoms with van der Waals surface area (Å²) in [5.41, 5.74) is 1.12. The second-order valence-electron chi connectivity index (χ2n) is 4.33. The van der Waals surface area contributed by atoms with Gasteiger partial charge in [-0.15, -0.1) is 5.10 Å². The van der Waals surface area contributed by atoms with Crippen LogP contribution < -0.4 is 5.32 Å². The molecule has 1 heterocycles. The number of amides is 1. The van der Waals surface area contributed by atoms with Gasteiger partial charge in [0, 0.05) is 13.5 Å². The van der Waals surface area contributed by atoms with Crippen LogP contribution in [0.2, 0.25) is 0 Å². The van der Waals surface area contributed by atoms with Crippen molar-refractivity contribution in [2.75, 3.05) is 7.05 Å². The molecule has 0 aliphatic rings. The summed E-state index contributed by atoms with van der Waals surface area (Å²) in [6.07, 6.45) is 1.46. The van der Waals surface area contributed by atoms with Gasteiger partial charge in [0.05, 0.1) is 5.25 Å². The Hall–Kier alpha value is -1.82. The van der Waals surface area contributed by atoms with E-state index in [0.717, 1.165) is 17.8 Å². The summed E-state index contributed by atoms with van der Waals surface area (Å²) in [5.74, 6) is 0.824. The second-order valence-corrected chi connectivity index (χ2v) is 5.50. The lowest BCUT2D eigenvalue weighted by molar-refractivity contribution is -0.120. The van der Waals surface area contributed by atoms with E-state index in [1.165, 1.54) is 11.8 Å². The van der Waals surface area contributed by atoms with Gasteiger partial charge in [0.1, 0.15) is 5.82 Å². The molecular formula is C14H18N4OS. The number of nitrogens with zero attached hydrogens (tertiary/aromatic N) is 2. The Balaban J connectivity index is 2.09. The van der Waals surface area contributed by atoms with Gasteiger partial charge in [-0.25, -0.2) is 4.98 Å². The SMILES string of the molecule is CCc1nc(SC(Cc2ccccc2)C(=O)NC)n[nH]1. The highest BCUT2D eigenvalue weighted by Gasteiger charge is 2.21. The van der Waals surface area contributed by atoms with Crippen LogP contribution in [0.25, 0.3) is 0 Å². The predicted octanol–water partition coefficient (Wildman–Crippen LogP) is 1.82. The van der Waals surface area contributed by atoms with Crippen LogP contribution in [0.3, 0.4) is 0 Å². The van der Waals surface area contributed by atoms with E-state index < -0.39 is 0 Å². The molecule has 0 saturated carbocycles. The minimum atomic E-state index is -0.233. The van der Waals surface area contributed by atoms with Crippen LogP contribution in [0, 0.1) is 0 Å². The Labute approximate surface area is 122 Å². The first-order valence-corrected chi connectivity index (χ1v) is 7.44. The van der Waals surface area contributed by atoms with Crippen LogP contribution in [0.15, 0.2) is 35.5 Å². The summed E-state index contributed by atoms with van der Waals surface area (Å²) in [6, 6.07) is 9.96. The lowest BCUT2D eigenvalue weighted by Gasteiger charge is -2.13. The number of aromatic nitrogens is 3. The van der Waals surface area contributed by atoms with Crippen LogP contribution in [0.4, 0.5) is 0 Å². The number of rotatable bonds is 6. The average Bonchev–Trinajstić information content (AvgIpc) is 2.94. The Kier molecular flexibility index (Phi) is 5.17. The van der Waals surface area contributed by atoms with Gasteiger partial charge < -0.3 is 5.32 Å². The fourth-order valence-electron chi connectivity index (χ4n) is 1.79. The maximum atomic E-state index is 12.0. The number of carbonyl (C=O) groups is 1. The molecule has 0 radical (unpaired) electrons. The zero-order chi connectivity index (χ0) is 14.4. The highest BCUT2D eigenvalue weighted by Crippen LogP contribution is 2.23. The normalized spacial score (nSPS) is 12.1. The fourth-order valence-corrected chi connectivity index (χ4v) is 2.81. The number of carbonyl (C=O) groups excluding carboxylic acids is 1. The molecule has 20 heavy (non-hydrogen) atoms. The highest BCUT2D eigenvalue weighted by atomic mass is 32.2. The second kappa shape index (κ2) is 7.09. The largest absolute Gasteiger partial charge is 0.358 e. The first-order valence-electron chi connectivity index (χ1n) is 6.56. The van der Waals surface area contributed by atoms with E-state index in [9.17, 15) is 4.79 Å². The molecule has 0 aliphatic carbocycles. The molecule has 0 saturated heterocycles. The number of aromatic amines is 1. The summed E-state index contributed by atoms with van der Waals surface area (Å²) in [4.78, 5) is 16.3. The Morgan fingerprint density at radius 2 is 2.15 bits per heavy atom. The van der Waals surface area contributed by atoms with E-state index >= 15 is 0 Å². The van der Waals surface area contributed by atoms with Crippen LogP contribution >= 0.6 is 11.8 Å². The Morgan fingerprint density at radius 1 is 1.40 bits per heavy atom. The summed E-state index contributed by atoms with van der Waals surface area (Å²) in [7, 11) is 1.65. The zero-order valence-corrected chi connectivity index (χ0v) is 12.4. The number of nitrogens with one attached hydrogen (secondary N) is 2.